The predicted molar refractivity (Wildman–Crippen MR) is 58.4 cm³/mol. The SMILES string of the molecule is C=C(C)/C=C\C(=C)O.CC.CC. The molecule has 72 valence electrons. The molecule has 0 aliphatic heterocycles. The highest BCUT2D eigenvalue weighted by Crippen LogP contribution is 1.91. The molecule has 0 aliphatic rings. The maximum absolute atomic E-state index is 8.48. The van der Waals surface area contributed by atoms with Gasteiger partial charge in [-0.25, -0.2) is 0 Å². The van der Waals surface area contributed by atoms with Crippen LogP contribution in [0.25, 0.3) is 0 Å². The molecule has 0 aromatic rings. The summed E-state index contributed by atoms with van der Waals surface area (Å²) in [6.07, 6.45) is 3.20. The summed E-state index contributed by atoms with van der Waals surface area (Å²) in [5.74, 6) is 0.0630. The van der Waals surface area contributed by atoms with Crippen LogP contribution in [0.5, 0.6) is 0 Å². The molecule has 1 nitrogen and oxygen atoms in total. The first-order valence-corrected chi connectivity index (χ1v) is 4.34. The second kappa shape index (κ2) is 16.5. The molecule has 0 saturated carbocycles. The van der Waals surface area contributed by atoms with E-state index in [9.17, 15) is 0 Å². The van der Waals surface area contributed by atoms with Crippen LogP contribution in [0.3, 0.4) is 0 Å². The minimum atomic E-state index is 0.0630. The molecule has 0 amide bonds. The Morgan fingerprint density at radius 1 is 1.00 bits per heavy atom. The van der Waals surface area contributed by atoms with Gasteiger partial charge in [0.2, 0.25) is 0 Å². The van der Waals surface area contributed by atoms with Crippen molar-refractivity contribution in [1.29, 1.82) is 0 Å². The van der Waals surface area contributed by atoms with Crippen molar-refractivity contribution in [2.45, 2.75) is 34.6 Å². The molecule has 12 heavy (non-hydrogen) atoms. The van der Waals surface area contributed by atoms with Gasteiger partial charge in [-0.15, -0.1) is 0 Å². The largest absolute Gasteiger partial charge is 0.509 e. The quantitative estimate of drug-likeness (QED) is 0.485. The fourth-order valence-electron chi connectivity index (χ4n) is 0.238. The summed E-state index contributed by atoms with van der Waals surface area (Å²) in [7, 11) is 0. The Morgan fingerprint density at radius 3 is 1.42 bits per heavy atom. The van der Waals surface area contributed by atoms with Crippen LogP contribution in [0.15, 0.2) is 36.6 Å². The van der Waals surface area contributed by atoms with Crippen LogP contribution in [0.2, 0.25) is 0 Å². The van der Waals surface area contributed by atoms with Crippen molar-refractivity contribution >= 4 is 0 Å². The number of aliphatic hydroxyl groups excluding tert-OH is 1. The lowest BCUT2D eigenvalue weighted by Gasteiger charge is -1.83. The molecule has 1 heteroatoms. The van der Waals surface area contributed by atoms with Crippen LogP contribution < -0.4 is 0 Å². The third-order valence-corrected chi connectivity index (χ3v) is 0.560. The van der Waals surface area contributed by atoms with E-state index < -0.39 is 0 Å². The summed E-state index contributed by atoms with van der Waals surface area (Å²) in [4.78, 5) is 0. The lowest BCUT2D eigenvalue weighted by atomic mass is 10.3. The number of rotatable bonds is 2. The van der Waals surface area contributed by atoms with Gasteiger partial charge < -0.3 is 5.11 Å². The molecule has 0 aliphatic carbocycles. The van der Waals surface area contributed by atoms with Crippen molar-refractivity contribution in [3.8, 4) is 0 Å². The van der Waals surface area contributed by atoms with Crippen LogP contribution in [0, 0.1) is 0 Å². The van der Waals surface area contributed by atoms with E-state index in [4.69, 9.17) is 5.11 Å². The average molecular weight is 170 g/mol. The fourth-order valence-corrected chi connectivity index (χ4v) is 0.238. The van der Waals surface area contributed by atoms with Gasteiger partial charge in [0.05, 0.1) is 0 Å². The van der Waals surface area contributed by atoms with Crippen LogP contribution >= 0.6 is 0 Å². The second-order valence-corrected chi connectivity index (χ2v) is 1.67. The van der Waals surface area contributed by atoms with Crippen molar-refractivity contribution in [3.63, 3.8) is 0 Å². The Hall–Kier alpha value is -0.980. The molecule has 0 radical (unpaired) electrons. The van der Waals surface area contributed by atoms with Gasteiger partial charge in [0, 0.05) is 0 Å². The van der Waals surface area contributed by atoms with E-state index in [2.05, 4.69) is 13.2 Å². The van der Waals surface area contributed by atoms with Gasteiger partial charge in [-0.05, 0) is 13.0 Å². The number of hydrogen-bond acceptors (Lipinski definition) is 1. The highest BCUT2D eigenvalue weighted by atomic mass is 16.3. The van der Waals surface area contributed by atoms with Crippen molar-refractivity contribution < 1.29 is 5.11 Å². The molecular formula is C11H22O. The lowest BCUT2D eigenvalue weighted by molar-refractivity contribution is 0.435. The summed E-state index contributed by atoms with van der Waals surface area (Å²) in [6.45, 7) is 16.7. The summed E-state index contributed by atoms with van der Waals surface area (Å²) >= 11 is 0. The zero-order chi connectivity index (χ0) is 10.6. The van der Waals surface area contributed by atoms with Gasteiger partial charge in [0.15, 0.2) is 0 Å². The Bertz CT molecular complexity index is 116. The molecule has 0 atom stereocenters. The predicted octanol–water partition coefficient (Wildman–Crippen LogP) is 4.24. The van der Waals surface area contributed by atoms with E-state index >= 15 is 0 Å². The summed E-state index contributed by atoms with van der Waals surface area (Å²) in [5.41, 5.74) is 0.903. The minimum Gasteiger partial charge on any atom is -0.509 e. The molecular weight excluding hydrogens is 148 g/mol. The summed E-state index contributed by atoms with van der Waals surface area (Å²) in [6, 6.07) is 0. The molecule has 1 N–H and O–H groups in total. The van der Waals surface area contributed by atoms with E-state index in [1.165, 1.54) is 6.08 Å². The van der Waals surface area contributed by atoms with Gasteiger partial charge in [0.1, 0.15) is 5.76 Å². The normalized spacial score (nSPS) is 7.42. The van der Waals surface area contributed by atoms with Crippen molar-refractivity contribution in [2.24, 2.45) is 0 Å². The Labute approximate surface area is 77.1 Å². The summed E-state index contributed by atoms with van der Waals surface area (Å²) in [5, 5.41) is 8.48. The number of allylic oxidation sites excluding steroid dienone is 3. The molecule has 0 rings (SSSR count). The van der Waals surface area contributed by atoms with Crippen LogP contribution in [-0.2, 0) is 0 Å². The maximum Gasteiger partial charge on any atom is 0.108 e. The first-order chi connectivity index (χ1) is 5.63. The smallest absolute Gasteiger partial charge is 0.108 e. The van der Waals surface area contributed by atoms with E-state index in [1.807, 2.05) is 34.6 Å². The minimum absolute atomic E-state index is 0.0630. The number of aliphatic hydroxyl groups is 1. The molecule has 0 spiro atoms. The molecule has 0 bridgehead atoms. The Kier molecular flexibility index (Phi) is 23.7. The van der Waals surface area contributed by atoms with Crippen molar-refractivity contribution in [1.82, 2.24) is 0 Å². The van der Waals surface area contributed by atoms with Crippen molar-refractivity contribution in [3.05, 3.63) is 36.6 Å². The zero-order valence-electron chi connectivity index (χ0n) is 9.02. The molecule has 0 heterocycles. The first kappa shape index (κ1) is 17.2. The van der Waals surface area contributed by atoms with Gasteiger partial charge >= 0.3 is 0 Å². The Balaban J connectivity index is -0.000000175. The van der Waals surface area contributed by atoms with E-state index in [0.717, 1.165) is 5.57 Å². The Morgan fingerprint density at radius 2 is 1.33 bits per heavy atom. The highest BCUT2D eigenvalue weighted by Gasteiger charge is 1.74. The van der Waals surface area contributed by atoms with Crippen LogP contribution in [0.1, 0.15) is 34.6 Å². The first-order valence-electron chi connectivity index (χ1n) is 4.34. The third-order valence-electron chi connectivity index (χ3n) is 0.560. The van der Waals surface area contributed by atoms with Gasteiger partial charge in [0.25, 0.3) is 0 Å². The topological polar surface area (TPSA) is 20.2 Å². The molecule has 0 saturated heterocycles. The molecule has 0 aromatic carbocycles. The van der Waals surface area contributed by atoms with Gasteiger partial charge in [-0.1, -0.05) is 52.5 Å². The second-order valence-electron chi connectivity index (χ2n) is 1.67. The van der Waals surface area contributed by atoms with E-state index in [-0.39, 0.29) is 5.76 Å². The fraction of sp³-hybridized carbons (Fsp3) is 0.455. The monoisotopic (exact) mass is 170 g/mol. The lowest BCUT2D eigenvalue weighted by Crippen LogP contribution is -1.67. The standard InChI is InChI=1S/C7H10O.2C2H6/c1-6(2)4-5-7(3)8;2*1-2/h4-5,8H,1,3H2,2H3;2*1-2H3/b5-4-;;. The van der Waals surface area contributed by atoms with E-state index in [0.29, 0.717) is 0 Å². The highest BCUT2D eigenvalue weighted by molar-refractivity contribution is 5.18. The average Bonchev–Trinajstić information content (AvgIpc) is 2.08. The molecule has 0 unspecified atom stereocenters. The van der Waals surface area contributed by atoms with E-state index in [1.54, 1.807) is 6.08 Å². The zero-order valence-corrected chi connectivity index (χ0v) is 9.02. The van der Waals surface area contributed by atoms with Crippen LogP contribution in [-0.4, -0.2) is 5.11 Å². The van der Waals surface area contributed by atoms with Crippen LogP contribution in [0.4, 0.5) is 0 Å². The molecule has 0 fully saturated rings. The summed E-state index contributed by atoms with van der Waals surface area (Å²) < 4.78 is 0. The number of hydrogen-bond donors (Lipinski definition) is 1. The maximum atomic E-state index is 8.48. The van der Waals surface area contributed by atoms with Gasteiger partial charge in [-0.2, -0.15) is 0 Å². The molecule has 0 aromatic heterocycles. The third kappa shape index (κ3) is 35.9. The van der Waals surface area contributed by atoms with Crippen molar-refractivity contribution in [2.75, 3.05) is 0 Å². The van der Waals surface area contributed by atoms with Gasteiger partial charge in [-0.3, -0.25) is 0 Å².